The number of carbonyl (C=O) groups excluding carboxylic acids is 1. The number of phenols is 1. The lowest BCUT2D eigenvalue weighted by molar-refractivity contribution is -0.113. The molecule has 0 atom stereocenters. The summed E-state index contributed by atoms with van der Waals surface area (Å²) < 4.78 is 6.23. The summed E-state index contributed by atoms with van der Waals surface area (Å²) >= 11 is 6.61. The molecule has 3 aromatic rings. The average molecular weight is 406 g/mol. The van der Waals surface area contributed by atoms with Gasteiger partial charge in [-0.05, 0) is 48.5 Å². The van der Waals surface area contributed by atoms with Crippen LogP contribution in [-0.2, 0) is 4.79 Å². The summed E-state index contributed by atoms with van der Waals surface area (Å²) in [5.41, 5.74) is 1.25. The third-order valence-corrected chi connectivity index (χ3v) is 5.39. The van der Waals surface area contributed by atoms with E-state index in [1.54, 1.807) is 54.6 Å². The fourth-order valence-electron chi connectivity index (χ4n) is 2.73. The molecule has 0 aromatic heterocycles. The minimum absolute atomic E-state index is 0.121. The number of nitrogens with zero attached hydrogens (tertiary/aromatic N) is 1. The molecule has 4 rings (SSSR count). The number of anilines is 1. The smallest absolute Gasteiger partial charge is 0.270 e. The molecule has 6 heteroatoms. The molecular formula is C22H15NO3S2. The van der Waals surface area contributed by atoms with Gasteiger partial charge >= 0.3 is 0 Å². The summed E-state index contributed by atoms with van der Waals surface area (Å²) in [5, 5.41) is 9.93. The highest BCUT2D eigenvalue weighted by atomic mass is 32.2. The Hall–Kier alpha value is -3.09. The van der Waals surface area contributed by atoms with Gasteiger partial charge in [-0.1, -0.05) is 60.4 Å². The Bertz CT molecular complexity index is 1060. The lowest BCUT2D eigenvalue weighted by atomic mass is 10.2. The van der Waals surface area contributed by atoms with E-state index in [1.807, 2.05) is 30.3 Å². The van der Waals surface area contributed by atoms with Crippen LogP contribution in [0.4, 0.5) is 5.69 Å². The van der Waals surface area contributed by atoms with E-state index < -0.39 is 0 Å². The van der Waals surface area contributed by atoms with E-state index >= 15 is 0 Å². The number of thiocarbonyl (C=S) groups is 1. The second-order valence-electron chi connectivity index (χ2n) is 5.98. The van der Waals surface area contributed by atoms with Crippen LogP contribution < -0.4 is 9.64 Å². The van der Waals surface area contributed by atoms with Crippen molar-refractivity contribution in [2.24, 2.45) is 0 Å². The van der Waals surface area contributed by atoms with Crippen LogP contribution in [0.5, 0.6) is 17.2 Å². The highest BCUT2D eigenvalue weighted by Gasteiger charge is 2.33. The van der Waals surface area contributed by atoms with E-state index in [4.69, 9.17) is 17.0 Å². The van der Waals surface area contributed by atoms with Crippen molar-refractivity contribution in [2.75, 3.05) is 4.90 Å². The van der Waals surface area contributed by atoms with Gasteiger partial charge in [0.1, 0.15) is 17.2 Å². The number of ether oxygens (including phenoxy) is 1. The quantitative estimate of drug-likeness (QED) is 0.453. The minimum atomic E-state index is -0.213. The van der Waals surface area contributed by atoms with E-state index in [2.05, 4.69) is 0 Å². The van der Waals surface area contributed by atoms with Crippen molar-refractivity contribution in [3.05, 3.63) is 89.3 Å². The van der Waals surface area contributed by atoms with E-state index in [0.717, 1.165) is 5.75 Å². The molecule has 0 unspecified atom stereocenters. The first-order valence-corrected chi connectivity index (χ1v) is 9.73. The number of carbonyl (C=O) groups is 1. The van der Waals surface area contributed by atoms with Crippen LogP contribution in [-0.4, -0.2) is 15.3 Å². The number of para-hydroxylation sites is 2. The molecule has 0 bridgehead atoms. The third-order valence-electron chi connectivity index (χ3n) is 4.09. The molecule has 1 saturated heterocycles. The van der Waals surface area contributed by atoms with E-state index in [1.165, 1.54) is 16.7 Å². The van der Waals surface area contributed by atoms with Gasteiger partial charge in [0.25, 0.3) is 5.91 Å². The molecule has 1 N–H and O–H groups in total. The topological polar surface area (TPSA) is 49.8 Å². The predicted molar refractivity (Wildman–Crippen MR) is 117 cm³/mol. The van der Waals surface area contributed by atoms with Gasteiger partial charge in [0.15, 0.2) is 4.32 Å². The van der Waals surface area contributed by atoms with Gasteiger partial charge in [-0.25, -0.2) is 0 Å². The maximum absolute atomic E-state index is 12.8. The van der Waals surface area contributed by atoms with Crippen molar-refractivity contribution in [2.45, 2.75) is 0 Å². The molecule has 0 spiro atoms. The Labute approximate surface area is 172 Å². The zero-order chi connectivity index (χ0) is 19.5. The predicted octanol–water partition coefficient (Wildman–Crippen LogP) is 5.59. The Balaban J connectivity index is 1.55. The second-order valence-corrected chi connectivity index (χ2v) is 7.66. The molecule has 1 amide bonds. The standard InChI is InChI=1S/C22H15NO3S2/c24-19-9-5-4-6-15(19)14-20-21(25)23(22(27)28-20)16-10-12-18(13-11-16)26-17-7-2-1-3-8-17/h1-14,24H. The molecule has 0 saturated carbocycles. The van der Waals surface area contributed by atoms with Crippen LogP contribution in [0.15, 0.2) is 83.8 Å². The average Bonchev–Trinajstić information content (AvgIpc) is 2.98. The SMILES string of the molecule is O=C1C(=Cc2ccccc2O)SC(=S)N1c1ccc(Oc2ccccc2)cc1. The Morgan fingerprint density at radius 1 is 0.893 bits per heavy atom. The molecule has 0 aliphatic carbocycles. The van der Waals surface area contributed by atoms with Crippen LogP contribution in [0.2, 0.25) is 0 Å². The third kappa shape index (κ3) is 3.78. The molecule has 3 aromatic carbocycles. The molecular weight excluding hydrogens is 390 g/mol. The zero-order valence-corrected chi connectivity index (χ0v) is 16.2. The summed E-state index contributed by atoms with van der Waals surface area (Å²) in [6, 6.07) is 23.5. The van der Waals surface area contributed by atoms with Gasteiger partial charge < -0.3 is 9.84 Å². The van der Waals surface area contributed by atoms with E-state index in [-0.39, 0.29) is 11.7 Å². The van der Waals surface area contributed by atoms with Crippen LogP contribution in [0.3, 0.4) is 0 Å². The van der Waals surface area contributed by atoms with Crippen molar-refractivity contribution in [1.82, 2.24) is 0 Å². The first kappa shape index (κ1) is 18.3. The fourth-order valence-corrected chi connectivity index (χ4v) is 4.02. The minimum Gasteiger partial charge on any atom is -0.507 e. The van der Waals surface area contributed by atoms with Crippen LogP contribution in [0, 0.1) is 0 Å². The summed E-state index contributed by atoms with van der Waals surface area (Å²) in [6.07, 6.45) is 1.65. The number of benzene rings is 3. The molecule has 138 valence electrons. The van der Waals surface area contributed by atoms with Crippen molar-refractivity contribution in [3.63, 3.8) is 0 Å². The lowest BCUT2D eigenvalue weighted by Gasteiger charge is -2.15. The molecule has 4 nitrogen and oxygen atoms in total. The van der Waals surface area contributed by atoms with Gasteiger partial charge in [-0.15, -0.1) is 0 Å². The number of phenolic OH excluding ortho intramolecular Hbond substituents is 1. The first-order chi connectivity index (χ1) is 13.6. The normalized spacial score (nSPS) is 15.3. The second kappa shape index (κ2) is 7.88. The highest BCUT2D eigenvalue weighted by Crippen LogP contribution is 2.37. The number of amides is 1. The highest BCUT2D eigenvalue weighted by molar-refractivity contribution is 8.27. The van der Waals surface area contributed by atoms with Gasteiger partial charge in [-0.2, -0.15) is 0 Å². The number of aromatic hydroxyl groups is 1. The summed E-state index contributed by atoms with van der Waals surface area (Å²) in [4.78, 5) is 14.8. The van der Waals surface area contributed by atoms with Crippen molar-refractivity contribution >= 4 is 46.0 Å². The molecule has 0 radical (unpaired) electrons. The Morgan fingerprint density at radius 3 is 2.25 bits per heavy atom. The van der Waals surface area contributed by atoms with Crippen LogP contribution in [0.25, 0.3) is 6.08 Å². The van der Waals surface area contributed by atoms with Crippen LogP contribution in [0.1, 0.15) is 5.56 Å². The molecule has 1 aliphatic heterocycles. The van der Waals surface area contributed by atoms with Crippen molar-refractivity contribution in [3.8, 4) is 17.2 Å². The van der Waals surface area contributed by atoms with Crippen molar-refractivity contribution < 1.29 is 14.6 Å². The van der Waals surface area contributed by atoms with Gasteiger partial charge in [0, 0.05) is 5.56 Å². The van der Waals surface area contributed by atoms with Crippen LogP contribution >= 0.6 is 24.0 Å². The monoisotopic (exact) mass is 405 g/mol. The maximum atomic E-state index is 12.8. The maximum Gasteiger partial charge on any atom is 0.270 e. The summed E-state index contributed by atoms with van der Waals surface area (Å²) in [7, 11) is 0. The largest absolute Gasteiger partial charge is 0.507 e. The zero-order valence-electron chi connectivity index (χ0n) is 14.6. The molecule has 1 aliphatic rings. The lowest BCUT2D eigenvalue weighted by Crippen LogP contribution is -2.27. The summed E-state index contributed by atoms with van der Waals surface area (Å²) in [6.45, 7) is 0. The molecule has 1 fully saturated rings. The molecule has 1 heterocycles. The van der Waals surface area contributed by atoms with Gasteiger partial charge in [-0.3, -0.25) is 9.69 Å². The number of hydrogen-bond acceptors (Lipinski definition) is 5. The van der Waals surface area contributed by atoms with E-state index in [9.17, 15) is 9.90 Å². The molecule has 28 heavy (non-hydrogen) atoms. The number of hydrogen-bond donors (Lipinski definition) is 1. The van der Waals surface area contributed by atoms with E-state index in [0.29, 0.717) is 26.2 Å². The van der Waals surface area contributed by atoms with Gasteiger partial charge in [0.2, 0.25) is 0 Å². The van der Waals surface area contributed by atoms with Crippen molar-refractivity contribution in [1.29, 1.82) is 0 Å². The Morgan fingerprint density at radius 2 is 1.54 bits per heavy atom. The number of thioether (sulfide) groups is 1. The first-order valence-electron chi connectivity index (χ1n) is 8.51. The summed E-state index contributed by atoms with van der Waals surface area (Å²) in [5.74, 6) is 1.32. The Kier molecular flexibility index (Phi) is 5.14. The fraction of sp³-hybridized carbons (Fsp3) is 0. The van der Waals surface area contributed by atoms with Gasteiger partial charge in [0.05, 0.1) is 10.6 Å². The number of rotatable bonds is 4.